The molecular weight excluding hydrogens is 337 g/mol. The van der Waals surface area contributed by atoms with Crippen LogP contribution in [-0.4, -0.2) is 28.3 Å². The number of allylic oxidation sites excluding steroid dienone is 1. The van der Waals surface area contributed by atoms with Gasteiger partial charge < -0.3 is 8.61 Å². The zero-order chi connectivity index (χ0) is 17.4. The molecule has 22 heavy (non-hydrogen) atoms. The van der Waals surface area contributed by atoms with E-state index in [0.29, 0.717) is 12.8 Å². The monoisotopic (exact) mass is 360 g/mol. The van der Waals surface area contributed by atoms with Crippen LogP contribution in [0.3, 0.4) is 0 Å². The van der Waals surface area contributed by atoms with E-state index in [1.165, 1.54) is 6.08 Å². The van der Waals surface area contributed by atoms with E-state index in [1.807, 2.05) is 0 Å². The van der Waals surface area contributed by atoms with Crippen LogP contribution in [0.4, 0.5) is 13.2 Å². The zero-order valence-corrected chi connectivity index (χ0v) is 15.3. The maximum atomic E-state index is 12.3. The zero-order valence-electron chi connectivity index (χ0n) is 13.5. The average molecular weight is 360 g/mol. The van der Waals surface area contributed by atoms with E-state index in [9.17, 15) is 21.6 Å². The lowest BCUT2D eigenvalue weighted by Crippen LogP contribution is -2.44. The molecule has 0 aromatic heterocycles. The molecule has 0 aliphatic heterocycles. The Kier molecular flexibility index (Phi) is 5.46. The Balaban J connectivity index is 2.68. The van der Waals surface area contributed by atoms with Crippen molar-refractivity contribution in [3.05, 3.63) is 11.8 Å². The molecule has 9 heteroatoms. The fourth-order valence-electron chi connectivity index (χ4n) is 1.75. The molecule has 0 radical (unpaired) electrons. The second kappa shape index (κ2) is 6.16. The van der Waals surface area contributed by atoms with Gasteiger partial charge in [-0.1, -0.05) is 20.8 Å². The van der Waals surface area contributed by atoms with Crippen LogP contribution >= 0.6 is 0 Å². The van der Waals surface area contributed by atoms with Gasteiger partial charge in [-0.15, -0.1) is 0 Å². The molecule has 1 atom stereocenters. The Bertz CT molecular complexity index is 532. The van der Waals surface area contributed by atoms with Crippen molar-refractivity contribution in [1.29, 1.82) is 0 Å². The predicted octanol–water partition coefficient (Wildman–Crippen LogP) is 4.31. The van der Waals surface area contributed by atoms with Crippen LogP contribution in [0.2, 0.25) is 18.1 Å². The molecule has 1 aliphatic rings. The Morgan fingerprint density at radius 2 is 1.77 bits per heavy atom. The maximum Gasteiger partial charge on any atom is 0.534 e. The van der Waals surface area contributed by atoms with Crippen LogP contribution < -0.4 is 0 Å². The highest BCUT2D eigenvalue weighted by atomic mass is 32.2. The lowest BCUT2D eigenvalue weighted by atomic mass is 10.0. The fourth-order valence-corrected chi connectivity index (χ4v) is 3.68. The lowest BCUT2D eigenvalue weighted by molar-refractivity contribution is -0.0525. The van der Waals surface area contributed by atoms with Gasteiger partial charge in [0.25, 0.3) is 0 Å². The third kappa shape index (κ3) is 4.72. The number of hydrogen-bond donors (Lipinski definition) is 0. The predicted molar refractivity (Wildman–Crippen MR) is 80.1 cm³/mol. The second-order valence-electron chi connectivity index (χ2n) is 6.93. The molecule has 0 heterocycles. The third-order valence-corrected chi connectivity index (χ3v) is 9.62. The van der Waals surface area contributed by atoms with Gasteiger partial charge in [0.1, 0.15) is 5.76 Å². The van der Waals surface area contributed by atoms with Crippen molar-refractivity contribution in [2.45, 2.75) is 69.8 Å². The molecule has 0 N–H and O–H groups in total. The quantitative estimate of drug-likeness (QED) is 0.426. The minimum Gasteiger partial charge on any atom is -0.414 e. The van der Waals surface area contributed by atoms with Crippen LogP contribution in [0.25, 0.3) is 0 Å². The van der Waals surface area contributed by atoms with Crippen molar-refractivity contribution < 1.29 is 30.2 Å². The number of rotatable bonds is 4. The summed E-state index contributed by atoms with van der Waals surface area (Å²) in [4.78, 5) is 0. The molecule has 130 valence electrons. The molecule has 0 amide bonds. The number of hydrogen-bond acceptors (Lipinski definition) is 4. The summed E-state index contributed by atoms with van der Waals surface area (Å²) in [5, 5.41) is 0.0348. The molecule has 0 aromatic rings. The van der Waals surface area contributed by atoms with Gasteiger partial charge in [-0.2, -0.15) is 21.6 Å². The normalized spacial score (nSPS) is 21.5. The molecule has 1 rings (SSSR count). The molecule has 0 spiro atoms. The molecule has 0 bridgehead atoms. The SMILES string of the molecule is CC(C)(C)[Si](C)(C)OC1CC=C(OS(=O)(=O)C(F)(F)F)CC1. The molecule has 0 saturated carbocycles. The summed E-state index contributed by atoms with van der Waals surface area (Å²) in [6.45, 7) is 10.5. The smallest absolute Gasteiger partial charge is 0.414 e. The summed E-state index contributed by atoms with van der Waals surface area (Å²) in [5.74, 6) is -0.160. The van der Waals surface area contributed by atoms with E-state index in [4.69, 9.17) is 4.43 Å². The first-order valence-corrected chi connectivity index (χ1v) is 11.3. The van der Waals surface area contributed by atoms with E-state index in [-0.39, 0.29) is 23.3 Å². The van der Waals surface area contributed by atoms with Gasteiger partial charge >= 0.3 is 15.6 Å². The molecule has 0 fully saturated rings. The summed E-state index contributed by atoms with van der Waals surface area (Å²) in [6.07, 6.45) is 2.20. The average Bonchev–Trinajstić information content (AvgIpc) is 2.28. The molecule has 0 saturated heterocycles. The minimum atomic E-state index is -5.57. The van der Waals surface area contributed by atoms with Crippen molar-refractivity contribution in [2.24, 2.45) is 0 Å². The molecule has 4 nitrogen and oxygen atoms in total. The Labute approximate surface area is 130 Å². The fraction of sp³-hybridized carbons (Fsp3) is 0.846. The Morgan fingerprint density at radius 3 is 2.14 bits per heavy atom. The van der Waals surface area contributed by atoms with Crippen molar-refractivity contribution in [1.82, 2.24) is 0 Å². The number of alkyl halides is 3. The molecule has 1 unspecified atom stereocenters. The first-order valence-electron chi connectivity index (χ1n) is 7.03. The van der Waals surface area contributed by atoms with Crippen LogP contribution in [0.5, 0.6) is 0 Å². The van der Waals surface area contributed by atoms with Gasteiger partial charge in [0.2, 0.25) is 0 Å². The van der Waals surface area contributed by atoms with Gasteiger partial charge in [-0.3, -0.25) is 0 Å². The summed E-state index contributed by atoms with van der Waals surface area (Å²) in [6, 6.07) is 0. The van der Waals surface area contributed by atoms with Gasteiger partial charge in [-0.05, 0) is 37.0 Å². The van der Waals surface area contributed by atoms with Crippen LogP contribution in [0, 0.1) is 0 Å². The van der Waals surface area contributed by atoms with Gasteiger partial charge in [-0.25, -0.2) is 0 Å². The highest BCUT2D eigenvalue weighted by Crippen LogP contribution is 2.39. The first-order chi connectivity index (χ1) is 9.66. The lowest BCUT2D eigenvalue weighted by Gasteiger charge is -2.40. The van der Waals surface area contributed by atoms with Crippen molar-refractivity contribution in [3.63, 3.8) is 0 Å². The Hall–Kier alpha value is -0.543. The van der Waals surface area contributed by atoms with E-state index >= 15 is 0 Å². The van der Waals surface area contributed by atoms with Crippen LogP contribution in [0.15, 0.2) is 11.8 Å². The third-order valence-electron chi connectivity index (χ3n) is 4.09. The van der Waals surface area contributed by atoms with E-state index in [0.717, 1.165) is 0 Å². The van der Waals surface area contributed by atoms with Crippen molar-refractivity contribution in [2.75, 3.05) is 0 Å². The van der Waals surface area contributed by atoms with Gasteiger partial charge in [0.15, 0.2) is 8.32 Å². The highest BCUT2D eigenvalue weighted by molar-refractivity contribution is 7.87. The van der Waals surface area contributed by atoms with Crippen molar-refractivity contribution in [3.8, 4) is 0 Å². The molecule has 0 aromatic carbocycles. The largest absolute Gasteiger partial charge is 0.534 e. The summed E-state index contributed by atoms with van der Waals surface area (Å²) < 4.78 is 69.0. The van der Waals surface area contributed by atoms with E-state index in [2.05, 4.69) is 38.0 Å². The molecule has 1 aliphatic carbocycles. The van der Waals surface area contributed by atoms with Crippen LogP contribution in [-0.2, 0) is 18.7 Å². The van der Waals surface area contributed by atoms with E-state index < -0.39 is 23.9 Å². The summed E-state index contributed by atoms with van der Waals surface area (Å²) >= 11 is 0. The summed E-state index contributed by atoms with van der Waals surface area (Å²) in [7, 11) is -7.53. The molecular formula is C13H23F3O4SSi. The van der Waals surface area contributed by atoms with Crippen LogP contribution in [0.1, 0.15) is 40.0 Å². The maximum absolute atomic E-state index is 12.3. The van der Waals surface area contributed by atoms with Gasteiger partial charge in [0, 0.05) is 12.5 Å². The Morgan fingerprint density at radius 1 is 1.23 bits per heavy atom. The number of halogens is 3. The van der Waals surface area contributed by atoms with Gasteiger partial charge in [0.05, 0.1) is 0 Å². The van der Waals surface area contributed by atoms with Crippen molar-refractivity contribution >= 4 is 18.4 Å². The standard InChI is InChI=1S/C13H23F3O4SSi/c1-12(2,3)22(4,5)20-11-8-6-10(7-9-11)19-21(17,18)13(14,15)16/h6,11H,7-9H2,1-5H3. The second-order valence-corrected chi connectivity index (χ2v) is 13.2. The summed E-state index contributed by atoms with van der Waals surface area (Å²) in [5.41, 5.74) is -5.40. The topological polar surface area (TPSA) is 52.6 Å². The minimum absolute atomic E-state index is 0.0348. The highest BCUT2D eigenvalue weighted by Gasteiger charge is 2.49. The van der Waals surface area contributed by atoms with E-state index in [1.54, 1.807) is 0 Å². The first kappa shape index (κ1) is 19.5.